The molecule has 31 heavy (non-hydrogen) atoms. The number of aromatic nitrogens is 4. The van der Waals surface area contributed by atoms with Gasteiger partial charge in [-0.3, -0.25) is 13.9 Å². The van der Waals surface area contributed by atoms with Gasteiger partial charge in [-0.2, -0.15) is 18.2 Å². The number of aryl methyl sites for hydroxylation is 2. The Hall–Kier alpha value is -3.08. The minimum atomic E-state index is -4.46. The van der Waals surface area contributed by atoms with Gasteiger partial charge in [0.05, 0.1) is 18.2 Å². The van der Waals surface area contributed by atoms with Crippen molar-refractivity contribution in [3.8, 4) is 0 Å². The summed E-state index contributed by atoms with van der Waals surface area (Å²) in [6.45, 7) is -0.164. The average molecular weight is 437 g/mol. The monoisotopic (exact) mass is 437 g/mol. The second-order valence-corrected chi connectivity index (χ2v) is 7.90. The van der Waals surface area contributed by atoms with Gasteiger partial charge in [-0.05, 0) is 37.0 Å². The number of nitrogens with one attached hydrogen (secondary N) is 1. The number of fused-ring (bicyclic) bond motifs is 1. The lowest BCUT2D eigenvalue weighted by atomic mass is 10.1. The summed E-state index contributed by atoms with van der Waals surface area (Å²) in [6, 6.07) is 4.36. The molecule has 0 bridgehead atoms. The fourth-order valence-electron chi connectivity index (χ4n) is 3.97. The van der Waals surface area contributed by atoms with Gasteiger partial charge in [0.1, 0.15) is 0 Å². The van der Waals surface area contributed by atoms with Crippen molar-refractivity contribution in [1.29, 1.82) is 0 Å². The second-order valence-electron chi connectivity index (χ2n) is 7.90. The summed E-state index contributed by atoms with van der Waals surface area (Å²) in [5.74, 6) is 0.411. The van der Waals surface area contributed by atoms with Gasteiger partial charge in [-0.15, -0.1) is 0 Å². The fraction of sp³-hybridized carbons (Fsp3) is 0.450. The van der Waals surface area contributed by atoms with Gasteiger partial charge < -0.3 is 15.0 Å². The van der Waals surface area contributed by atoms with Gasteiger partial charge in [0.15, 0.2) is 11.2 Å². The summed E-state index contributed by atoms with van der Waals surface area (Å²) in [4.78, 5) is 30.3. The minimum Gasteiger partial charge on any atom is -0.393 e. The largest absolute Gasteiger partial charge is 0.416 e. The summed E-state index contributed by atoms with van der Waals surface area (Å²) in [7, 11) is 3.14. The van der Waals surface area contributed by atoms with E-state index >= 15 is 0 Å². The average Bonchev–Trinajstić information content (AvgIpc) is 3.26. The molecule has 0 spiro atoms. The number of aliphatic hydroxyl groups is 1. The summed E-state index contributed by atoms with van der Waals surface area (Å²) < 4.78 is 42.1. The zero-order valence-electron chi connectivity index (χ0n) is 17.0. The van der Waals surface area contributed by atoms with Crippen LogP contribution in [-0.2, 0) is 26.8 Å². The van der Waals surface area contributed by atoms with Crippen molar-refractivity contribution in [2.45, 2.75) is 44.1 Å². The Morgan fingerprint density at radius 2 is 1.81 bits per heavy atom. The molecule has 1 saturated carbocycles. The lowest BCUT2D eigenvalue weighted by Crippen LogP contribution is -2.39. The first-order valence-electron chi connectivity index (χ1n) is 9.83. The zero-order valence-corrected chi connectivity index (χ0v) is 17.0. The van der Waals surface area contributed by atoms with Crippen LogP contribution in [-0.4, -0.2) is 35.9 Å². The van der Waals surface area contributed by atoms with Crippen LogP contribution in [0.15, 0.2) is 33.9 Å². The third-order valence-corrected chi connectivity index (χ3v) is 5.72. The number of anilines is 1. The van der Waals surface area contributed by atoms with Crippen LogP contribution in [0.25, 0.3) is 11.2 Å². The van der Waals surface area contributed by atoms with Crippen molar-refractivity contribution >= 4 is 17.1 Å². The summed E-state index contributed by atoms with van der Waals surface area (Å²) in [5.41, 5.74) is -1.18. The second kappa shape index (κ2) is 7.56. The Morgan fingerprint density at radius 1 is 1.13 bits per heavy atom. The summed E-state index contributed by atoms with van der Waals surface area (Å²) in [6.07, 6.45) is -2.82. The number of aliphatic hydroxyl groups excluding tert-OH is 1. The molecule has 8 nitrogen and oxygen atoms in total. The first-order chi connectivity index (χ1) is 14.6. The topological polar surface area (TPSA) is 94.1 Å². The van der Waals surface area contributed by atoms with E-state index in [-0.39, 0.29) is 29.9 Å². The number of halogens is 3. The Morgan fingerprint density at radius 3 is 2.39 bits per heavy atom. The quantitative estimate of drug-likeness (QED) is 0.650. The molecule has 0 aliphatic heterocycles. The van der Waals surface area contributed by atoms with Crippen LogP contribution < -0.4 is 16.6 Å². The molecular formula is C20H22F3N5O3. The predicted octanol–water partition coefficient (Wildman–Crippen LogP) is 1.83. The van der Waals surface area contributed by atoms with Crippen LogP contribution in [0.2, 0.25) is 0 Å². The molecule has 0 amide bonds. The van der Waals surface area contributed by atoms with Crippen LogP contribution >= 0.6 is 0 Å². The predicted molar refractivity (Wildman–Crippen MR) is 108 cm³/mol. The molecular weight excluding hydrogens is 415 g/mol. The van der Waals surface area contributed by atoms with Crippen molar-refractivity contribution in [3.05, 3.63) is 56.2 Å². The number of imidazole rings is 1. The highest BCUT2D eigenvalue weighted by atomic mass is 19.4. The molecule has 166 valence electrons. The lowest BCUT2D eigenvalue weighted by molar-refractivity contribution is -0.137. The smallest absolute Gasteiger partial charge is 0.393 e. The third-order valence-electron chi connectivity index (χ3n) is 5.72. The molecule has 0 saturated heterocycles. The van der Waals surface area contributed by atoms with E-state index in [9.17, 15) is 27.9 Å². The van der Waals surface area contributed by atoms with Crippen molar-refractivity contribution in [2.24, 2.45) is 14.1 Å². The van der Waals surface area contributed by atoms with E-state index in [1.165, 1.54) is 23.7 Å². The zero-order chi connectivity index (χ0) is 22.5. The number of hydrogen-bond acceptors (Lipinski definition) is 5. The normalized spacial score (nSPS) is 19.3. The van der Waals surface area contributed by atoms with E-state index in [0.29, 0.717) is 24.4 Å². The van der Waals surface area contributed by atoms with Crippen LogP contribution in [0.3, 0.4) is 0 Å². The molecule has 11 heteroatoms. The number of alkyl halides is 3. The maximum Gasteiger partial charge on any atom is 0.416 e. The fourth-order valence-corrected chi connectivity index (χ4v) is 3.97. The number of rotatable bonds is 4. The van der Waals surface area contributed by atoms with E-state index in [0.717, 1.165) is 23.1 Å². The Kier molecular flexibility index (Phi) is 5.16. The highest BCUT2D eigenvalue weighted by Gasteiger charge is 2.30. The van der Waals surface area contributed by atoms with E-state index in [1.54, 1.807) is 11.6 Å². The highest BCUT2D eigenvalue weighted by Crippen LogP contribution is 2.29. The van der Waals surface area contributed by atoms with Crippen molar-refractivity contribution in [2.75, 3.05) is 5.32 Å². The molecule has 1 fully saturated rings. The van der Waals surface area contributed by atoms with Crippen LogP contribution in [0.1, 0.15) is 30.4 Å². The standard InChI is InChI=1S/C20H22F3N5O3/c1-26-15-16(25-18(26)24-13-7-8-14(29)9-13)27(2)19(31)28(17(15)30)10-11-3-5-12(6-4-11)20(21,22)23/h3-6,13-14,29H,7-10H2,1-2H3,(H,24,25)/t13?,14-/m0/s1. The van der Waals surface area contributed by atoms with Gasteiger partial charge in [0, 0.05) is 20.1 Å². The third kappa shape index (κ3) is 3.85. The maximum atomic E-state index is 13.1. The number of benzene rings is 1. The van der Waals surface area contributed by atoms with Gasteiger partial charge in [-0.1, -0.05) is 12.1 Å². The lowest BCUT2D eigenvalue weighted by Gasteiger charge is -2.12. The van der Waals surface area contributed by atoms with Crippen molar-refractivity contribution in [3.63, 3.8) is 0 Å². The number of nitrogens with zero attached hydrogens (tertiary/aromatic N) is 4. The molecule has 4 rings (SSSR count). The molecule has 2 atom stereocenters. The van der Waals surface area contributed by atoms with Crippen LogP contribution in [0.4, 0.5) is 19.1 Å². The molecule has 2 heterocycles. The Labute approximate surface area is 174 Å². The number of hydrogen-bond donors (Lipinski definition) is 2. The van der Waals surface area contributed by atoms with E-state index in [1.807, 2.05) is 0 Å². The van der Waals surface area contributed by atoms with E-state index in [2.05, 4.69) is 10.3 Å². The Balaban J connectivity index is 1.72. The molecule has 1 unspecified atom stereocenters. The molecule has 1 aromatic carbocycles. The first kappa shape index (κ1) is 21.2. The molecule has 0 radical (unpaired) electrons. The maximum absolute atomic E-state index is 13.1. The summed E-state index contributed by atoms with van der Waals surface area (Å²) >= 11 is 0. The van der Waals surface area contributed by atoms with E-state index in [4.69, 9.17) is 0 Å². The molecule has 1 aliphatic carbocycles. The van der Waals surface area contributed by atoms with E-state index < -0.39 is 23.0 Å². The van der Waals surface area contributed by atoms with Gasteiger partial charge in [0.2, 0.25) is 5.95 Å². The SMILES string of the molecule is Cn1c(NC2CC[C@H](O)C2)nc2c1c(=O)n(Cc1ccc(C(F)(F)F)cc1)c(=O)n2C. The Bertz CT molecular complexity index is 1240. The van der Waals surface area contributed by atoms with Crippen LogP contribution in [0.5, 0.6) is 0 Å². The summed E-state index contributed by atoms with van der Waals surface area (Å²) in [5, 5.41) is 12.9. The van der Waals surface area contributed by atoms with Crippen molar-refractivity contribution < 1.29 is 18.3 Å². The van der Waals surface area contributed by atoms with Crippen LogP contribution in [0, 0.1) is 0 Å². The van der Waals surface area contributed by atoms with Gasteiger partial charge in [-0.25, -0.2) is 4.79 Å². The highest BCUT2D eigenvalue weighted by molar-refractivity contribution is 5.74. The molecule has 2 N–H and O–H groups in total. The molecule has 1 aliphatic rings. The molecule has 2 aromatic heterocycles. The van der Waals surface area contributed by atoms with Gasteiger partial charge in [0.25, 0.3) is 5.56 Å². The first-order valence-corrected chi connectivity index (χ1v) is 9.83. The van der Waals surface area contributed by atoms with Crippen molar-refractivity contribution in [1.82, 2.24) is 18.7 Å². The molecule has 3 aromatic rings. The van der Waals surface area contributed by atoms with Gasteiger partial charge >= 0.3 is 11.9 Å². The minimum absolute atomic E-state index is 0.0110.